The highest BCUT2D eigenvalue weighted by Gasteiger charge is 2.39. The van der Waals surface area contributed by atoms with E-state index in [-0.39, 0.29) is 5.60 Å². The van der Waals surface area contributed by atoms with Crippen LogP contribution < -0.4 is 0 Å². The van der Waals surface area contributed by atoms with E-state index in [1.165, 1.54) is 25.7 Å². The molecule has 2 nitrogen and oxygen atoms in total. The predicted molar refractivity (Wildman–Crippen MR) is 32.3 cm³/mol. The molecule has 1 radical (unpaired) electrons. The topological polar surface area (TPSA) is 18.5 Å². The van der Waals surface area contributed by atoms with Gasteiger partial charge in [0.2, 0.25) is 0 Å². The summed E-state index contributed by atoms with van der Waals surface area (Å²) in [6.07, 6.45) is 5.97. The molecule has 9 heavy (non-hydrogen) atoms. The molecule has 0 unspecified atom stereocenters. The van der Waals surface area contributed by atoms with Crippen molar-refractivity contribution in [2.24, 2.45) is 0 Å². The van der Waals surface area contributed by atoms with Crippen molar-refractivity contribution in [1.82, 2.24) is 0 Å². The van der Waals surface area contributed by atoms with Crippen molar-refractivity contribution >= 4 is 0 Å². The van der Waals surface area contributed by atoms with E-state index in [1.54, 1.807) is 6.61 Å². The van der Waals surface area contributed by atoms with Crippen molar-refractivity contribution in [2.45, 2.75) is 37.7 Å². The largest absolute Gasteiger partial charge is 0.230 e. The van der Waals surface area contributed by atoms with Crippen LogP contribution in [0.15, 0.2) is 0 Å². The van der Waals surface area contributed by atoms with Gasteiger partial charge < -0.3 is 0 Å². The van der Waals surface area contributed by atoms with Crippen LogP contribution in [0.3, 0.4) is 0 Å². The Bertz CT molecular complexity index is 82.0. The summed E-state index contributed by atoms with van der Waals surface area (Å²) < 4.78 is 0. The third-order valence-electron chi connectivity index (χ3n) is 2.26. The fraction of sp³-hybridized carbons (Fsp3) is 0.857. The van der Waals surface area contributed by atoms with E-state index >= 15 is 0 Å². The van der Waals surface area contributed by atoms with Gasteiger partial charge in [-0.15, -0.1) is 0 Å². The fourth-order valence-corrected chi connectivity index (χ4v) is 1.66. The normalized spacial score (nSPS) is 32.0. The Kier molecular flexibility index (Phi) is 1.24. The molecule has 0 atom stereocenters. The molecule has 1 saturated heterocycles. The summed E-state index contributed by atoms with van der Waals surface area (Å²) in [6, 6.07) is 0. The molecule has 2 fully saturated rings. The maximum absolute atomic E-state index is 5.15. The van der Waals surface area contributed by atoms with Crippen molar-refractivity contribution in [1.29, 1.82) is 0 Å². The van der Waals surface area contributed by atoms with Crippen LogP contribution in [0.5, 0.6) is 0 Å². The zero-order valence-electron chi connectivity index (χ0n) is 5.43. The molecule has 1 spiro atoms. The predicted octanol–water partition coefficient (Wildman–Crippen LogP) is 1.81. The van der Waals surface area contributed by atoms with Gasteiger partial charge in [-0.25, -0.2) is 9.78 Å². The third kappa shape index (κ3) is 0.864. The molecular weight excluding hydrogens is 116 g/mol. The average molecular weight is 127 g/mol. The molecule has 0 aromatic carbocycles. The van der Waals surface area contributed by atoms with Gasteiger partial charge in [-0.2, -0.15) is 0 Å². The van der Waals surface area contributed by atoms with E-state index in [4.69, 9.17) is 9.78 Å². The Morgan fingerprint density at radius 3 is 2.56 bits per heavy atom. The van der Waals surface area contributed by atoms with Gasteiger partial charge in [0.05, 0.1) is 0 Å². The maximum atomic E-state index is 5.15. The Morgan fingerprint density at radius 2 is 2.00 bits per heavy atom. The third-order valence-corrected chi connectivity index (χ3v) is 2.26. The van der Waals surface area contributed by atoms with Crippen molar-refractivity contribution in [2.75, 3.05) is 0 Å². The molecule has 0 amide bonds. The molecule has 0 bridgehead atoms. The second-order valence-electron chi connectivity index (χ2n) is 2.94. The van der Waals surface area contributed by atoms with E-state index in [0.29, 0.717) is 0 Å². The standard InChI is InChI=1S/C7H11O2/c1-2-4-7(3-1)5-6-8-9-7/h6H,1-5H2. The molecular formula is C7H11O2. The van der Waals surface area contributed by atoms with Gasteiger partial charge in [0.15, 0.2) is 0 Å². The van der Waals surface area contributed by atoms with Crippen LogP contribution in [0.2, 0.25) is 0 Å². The summed E-state index contributed by atoms with van der Waals surface area (Å²) in [5.41, 5.74) is 0.111. The lowest BCUT2D eigenvalue weighted by molar-refractivity contribution is -0.293. The van der Waals surface area contributed by atoms with E-state index in [9.17, 15) is 0 Å². The van der Waals surface area contributed by atoms with Gasteiger partial charge in [-0.05, 0) is 12.8 Å². The minimum absolute atomic E-state index is 0.111. The highest BCUT2D eigenvalue weighted by Crippen LogP contribution is 2.40. The first-order valence-electron chi connectivity index (χ1n) is 3.58. The molecule has 2 heteroatoms. The van der Waals surface area contributed by atoms with Crippen LogP contribution in [0, 0.1) is 6.61 Å². The van der Waals surface area contributed by atoms with E-state index in [2.05, 4.69) is 0 Å². The zero-order valence-corrected chi connectivity index (χ0v) is 5.43. The van der Waals surface area contributed by atoms with Crippen LogP contribution >= 0.6 is 0 Å². The SMILES string of the molecule is [CH]1CC2(CCCC2)OO1. The van der Waals surface area contributed by atoms with Crippen LogP contribution in [0.1, 0.15) is 32.1 Å². The summed E-state index contributed by atoms with van der Waals surface area (Å²) in [4.78, 5) is 9.90. The Hall–Kier alpha value is -0.0800. The van der Waals surface area contributed by atoms with Gasteiger partial charge in [0.1, 0.15) is 12.2 Å². The second kappa shape index (κ2) is 1.96. The molecule has 51 valence electrons. The molecule has 1 aliphatic heterocycles. The average Bonchev–Trinajstić information content (AvgIpc) is 2.45. The van der Waals surface area contributed by atoms with Crippen LogP contribution in [0.25, 0.3) is 0 Å². The smallest absolute Gasteiger partial charge is 0.125 e. The monoisotopic (exact) mass is 127 g/mol. The highest BCUT2D eigenvalue weighted by atomic mass is 17.2. The molecule has 0 aromatic rings. The second-order valence-corrected chi connectivity index (χ2v) is 2.94. The van der Waals surface area contributed by atoms with Crippen molar-refractivity contribution in [3.8, 4) is 0 Å². The van der Waals surface area contributed by atoms with Crippen molar-refractivity contribution < 1.29 is 9.78 Å². The first-order valence-corrected chi connectivity index (χ1v) is 3.58. The summed E-state index contributed by atoms with van der Waals surface area (Å²) >= 11 is 0. The van der Waals surface area contributed by atoms with Crippen LogP contribution in [0.4, 0.5) is 0 Å². The molecule has 0 N–H and O–H groups in total. The maximum Gasteiger partial charge on any atom is 0.125 e. The fourth-order valence-electron chi connectivity index (χ4n) is 1.66. The molecule has 1 aliphatic carbocycles. The summed E-state index contributed by atoms with van der Waals surface area (Å²) in [6.45, 7) is 1.77. The van der Waals surface area contributed by atoms with Gasteiger partial charge in [0, 0.05) is 6.42 Å². The summed E-state index contributed by atoms with van der Waals surface area (Å²) in [7, 11) is 0. The van der Waals surface area contributed by atoms with Crippen molar-refractivity contribution in [3.63, 3.8) is 0 Å². The van der Waals surface area contributed by atoms with Gasteiger partial charge in [0.25, 0.3) is 0 Å². The van der Waals surface area contributed by atoms with E-state index < -0.39 is 0 Å². The lowest BCUT2D eigenvalue weighted by atomic mass is 10.00. The Balaban J connectivity index is 2.04. The quantitative estimate of drug-likeness (QED) is 0.462. The van der Waals surface area contributed by atoms with Crippen LogP contribution in [-0.2, 0) is 9.78 Å². The Morgan fingerprint density at radius 1 is 1.22 bits per heavy atom. The minimum atomic E-state index is 0.111. The van der Waals surface area contributed by atoms with Crippen LogP contribution in [-0.4, -0.2) is 5.60 Å². The number of hydrogen-bond acceptors (Lipinski definition) is 2. The van der Waals surface area contributed by atoms with E-state index in [0.717, 1.165) is 6.42 Å². The molecule has 2 rings (SSSR count). The lowest BCUT2D eigenvalue weighted by Gasteiger charge is -2.16. The zero-order chi connectivity index (χ0) is 6.16. The molecule has 2 aliphatic rings. The summed E-state index contributed by atoms with van der Waals surface area (Å²) in [5.74, 6) is 0. The molecule has 0 aromatic heterocycles. The molecule has 1 saturated carbocycles. The Labute approximate surface area is 55.1 Å². The summed E-state index contributed by atoms with van der Waals surface area (Å²) in [5, 5.41) is 0. The highest BCUT2D eigenvalue weighted by molar-refractivity contribution is 4.89. The van der Waals surface area contributed by atoms with Gasteiger partial charge in [-0.1, -0.05) is 12.8 Å². The van der Waals surface area contributed by atoms with Gasteiger partial charge >= 0.3 is 0 Å². The van der Waals surface area contributed by atoms with Gasteiger partial charge in [-0.3, -0.25) is 0 Å². The lowest BCUT2D eigenvalue weighted by Crippen LogP contribution is -2.21. The minimum Gasteiger partial charge on any atom is -0.230 e. The number of rotatable bonds is 0. The molecule has 1 heterocycles. The first-order chi connectivity index (χ1) is 4.41. The number of hydrogen-bond donors (Lipinski definition) is 0. The first kappa shape index (κ1) is 5.69. The van der Waals surface area contributed by atoms with E-state index in [1.807, 2.05) is 0 Å². The van der Waals surface area contributed by atoms with Crippen molar-refractivity contribution in [3.05, 3.63) is 6.61 Å².